The fourth-order valence-electron chi connectivity index (χ4n) is 5.24. The number of halogens is 6. The van der Waals surface area contributed by atoms with Crippen LogP contribution in [0.15, 0.2) is 95.9 Å². The number of para-hydroxylation sites is 1. The van der Waals surface area contributed by atoms with Crippen molar-refractivity contribution < 1.29 is 53.8 Å². The first-order valence-corrected chi connectivity index (χ1v) is 15.7. The van der Waals surface area contributed by atoms with Gasteiger partial charge in [-0.2, -0.15) is 26.3 Å². The van der Waals surface area contributed by atoms with Gasteiger partial charge in [-0.05, 0) is 65.2 Å². The summed E-state index contributed by atoms with van der Waals surface area (Å²) < 4.78 is 119. The van der Waals surface area contributed by atoms with Crippen molar-refractivity contribution in [1.29, 1.82) is 0 Å². The third-order valence-corrected chi connectivity index (χ3v) is 9.36. The molecule has 252 valence electrons. The lowest BCUT2D eigenvalue weighted by Crippen LogP contribution is -2.48. The predicted molar refractivity (Wildman–Crippen MR) is 162 cm³/mol. The Morgan fingerprint density at radius 3 is 2.23 bits per heavy atom. The van der Waals surface area contributed by atoms with E-state index in [9.17, 15) is 44.3 Å². The van der Waals surface area contributed by atoms with E-state index in [-0.39, 0.29) is 34.7 Å². The molecule has 0 fully saturated rings. The van der Waals surface area contributed by atoms with Crippen LogP contribution in [0.2, 0.25) is 0 Å². The molecule has 0 saturated carbocycles. The van der Waals surface area contributed by atoms with Crippen LogP contribution in [0.25, 0.3) is 11.1 Å². The first kappa shape index (κ1) is 34.3. The number of hydrogen-bond donors (Lipinski definition) is 1. The van der Waals surface area contributed by atoms with Crippen LogP contribution in [0.5, 0.6) is 5.75 Å². The minimum absolute atomic E-state index is 0.00236. The minimum Gasteiger partial charge on any atom is -0.491 e. The number of sulfonamides is 1. The summed E-state index contributed by atoms with van der Waals surface area (Å²) >= 11 is 0. The first-order chi connectivity index (χ1) is 22.6. The normalized spacial score (nSPS) is 14.7. The van der Waals surface area contributed by atoms with Crippen molar-refractivity contribution in [2.45, 2.75) is 29.7 Å². The molecule has 1 N–H and O–H groups in total. The first-order valence-electron chi connectivity index (χ1n) is 14.2. The van der Waals surface area contributed by atoms with Crippen LogP contribution in [0.3, 0.4) is 0 Å². The molecule has 0 saturated heterocycles. The molecule has 0 bridgehead atoms. The number of benzene rings is 4. The van der Waals surface area contributed by atoms with E-state index in [0.717, 1.165) is 35.7 Å². The molecule has 1 aliphatic heterocycles. The van der Waals surface area contributed by atoms with Crippen LogP contribution in [-0.2, 0) is 38.3 Å². The second-order valence-corrected chi connectivity index (χ2v) is 12.4. The van der Waals surface area contributed by atoms with Gasteiger partial charge in [0.25, 0.3) is 10.0 Å². The third-order valence-electron chi connectivity index (χ3n) is 7.53. The Balaban J connectivity index is 1.32. The standard InChI is InChI=1S/C33H26F6N2O6S/c1-46-31(43)23-11-14-29(26(18-23)33(37,38)39)47-16-15-40-30(42)28-19-22-5-2-3-8-27(22)41(28)48(44,45)25-12-9-20(10-13-25)21-6-4-7-24(17-21)32(34,35)36/h2-14,17-18,28H,15-16,19H2,1H3,(H,40,42)/t28-/m0/s1. The molecule has 0 aliphatic carbocycles. The lowest BCUT2D eigenvalue weighted by molar-refractivity contribution is -0.139. The van der Waals surface area contributed by atoms with Gasteiger partial charge in [0.2, 0.25) is 5.91 Å². The molecule has 4 aromatic rings. The van der Waals surface area contributed by atoms with Gasteiger partial charge in [0.05, 0.1) is 40.9 Å². The molecule has 15 heteroatoms. The highest BCUT2D eigenvalue weighted by Crippen LogP contribution is 2.39. The second kappa shape index (κ2) is 13.2. The van der Waals surface area contributed by atoms with Gasteiger partial charge in [-0.1, -0.05) is 42.5 Å². The SMILES string of the molecule is COC(=O)c1ccc(OCCNC(=O)[C@@H]2Cc3ccccc3N2S(=O)(=O)c2ccc(-c3cccc(C(F)(F)F)c3)cc2)c(C(F)(F)F)c1. The van der Waals surface area contributed by atoms with Crippen LogP contribution in [-0.4, -0.2) is 46.6 Å². The molecule has 1 heterocycles. The number of esters is 1. The molecule has 1 atom stereocenters. The maximum atomic E-state index is 13.9. The summed E-state index contributed by atoms with van der Waals surface area (Å²) in [5.41, 5.74) is -1.06. The number of carbonyl (C=O) groups is 2. The highest BCUT2D eigenvalue weighted by Gasteiger charge is 2.42. The number of alkyl halides is 6. The Bertz CT molecular complexity index is 1950. The van der Waals surface area contributed by atoms with E-state index in [1.165, 1.54) is 42.5 Å². The molecule has 5 rings (SSSR count). The predicted octanol–water partition coefficient (Wildman–Crippen LogP) is 6.49. The number of nitrogens with one attached hydrogen (secondary N) is 1. The number of nitrogens with zero attached hydrogens (tertiary/aromatic N) is 1. The molecule has 0 radical (unpaired) electrons. The van der Waals surface area contributed by atoms with Crippen molar-refractivity contribution in [2.75, 3.05) is 24.6 Å². The largest absolute Gasteiger partial charge is 0.491 e. The lowest BCUT2D eigenvalue weighted by atomic mass is 10.0. The van der Waals surface area contributed by atoms with E-state index in [1.807, 2.05) is 0 Å². The molecular formula is C33H26F6N2O6S. The van der Waals surface area contributed by atoms with E-state index in [2.05, 4.69) is 10.1 Å². The topological polar surface area (TPSA) is 102 Å². The Morgan fingerprint density at radius 1 is 0.854 bits per heavy atom. The smallest absolute Gasteiger partial charge is 0.419 e. The number of hydrogen-bond acceptors (Lipinski definition) is 6. The van der Waals surface area contributed by atoms with Crippen molar-refractivity contribution in [3.63, 3.8) is 0 Å². The van der Waals surface area contributed by atoms with Gasteiger partial charge in [-0.25, -0.2) is 13.2 Å². The molecule has 0 spiro atoms. The van der Waals surface area contributed by atoms with Gasteiger partial charge in [0, 0.05) is 6.42 Å². The number of ether oxygens (including phenoxy) is 2. The molecule has 4 aromatic carbocycles. The molecule has 0 aromatic heterocycles. The van der Waals surface area contributed by atoms with Gasteiger partial charge < -0.3 is 14.8 Å². The van der Waals surface area contributed by atoms with Crippen molar-refractivity contribution in [1.82, 2.24) is 5.32 Å². The van der Waals surface area contributed by atoms with Gasteiger partial charge >= 0.3 is 18.3 Å². The number of fused-ring (bicyclic) bond motifs is 1. The van der Waals surface area contributed by atoms with Crippen molar-refractivity contribution in [3.05, 3.63) is 113 Å². The fraction of sp³-hybridized carbons (Fsp3) is 0.212. The van der Waals surface area contributed by atoms with Gasteiger partial charge in [0.1, 0.15) is 18.4 Å². The van der Waals surface area contributed by atoms with Crippen molar-refractivity contribution in [2.24, 2.45) is 0 Å². The molecular weight excluding hydrogens is 666 g/mol. The summed E-state index contributed by atoms with van der Waals surface area (Å²) in [6.45, 7) is -0.711. The van der Waals surface area contributed by atoms with Gasteiger partial charge in [-0.15, -0.1) is 0 Å². The summed E-state index contributed by atoms with van der Waals surface area (Å²) in [6, 6.07) is 17.6. The number of anilines is 1. The van der Waals surface area contributed by atoms with Gasteiger partial charge in [0.15, 0.2) is 0 Å². The quantitative estimate of drug-likeness (QED) is 0.122. The summed E-state index contributed by atoms with van der Waals surface area (Å²) in [6.07, 6.45) is -9.43. The lowest BCUT2D eigenvalue weighted by Gasteiger charge is -2.26. The van der Waals surface area contributed by atoms with E-state index in [1.54, 1.807) is 18.2 Å². The monoisotopic (exact) mass is 692 g/mol. The van der Waals surface area contributed by atoms with E-state index in [4.69, 9.17) is 4.74 Å². The Kier molecular flexibility index (Phi) is 9.44. The van der Waals surface area contributed by atoms with Crippen LogP contribution in [0.4, 0.5) is 32.0 Å². The zero-order chi connectivity index (χ0) is 34.9. The van der Waals surface area contributed by atoms with Crippen molar-refractivity contribution in [3.8, 4) is 16.9 Å². The van der Waals surface area contributed by atoms with Crippen LogP contribution in [0.1, 0.15) is 27.0 Å². The molecule has 8 nitrogen and oxygen atoms in total. The van der Waals surface area contributed by atoms with E-state index >= 15 is 0 Å². The van der Waals surface area contributed by atoms with Gasteiger partial charge in [-0.3, -0.25) is 9.10 Å². The number of amides is 1. The highest BCUT2D eigenvalue weighted by molar-refractivity contribution is 7.93. The van der Waals surface area contributed by atoms with E-state index in [0.29, 0.717) is 17.2 Å². The third kappa shape index (κ3) is 7.10. The van der Waals surface area contributed by atoms with Crippen LogP contribution in [0, 0.1) is 0 Å². The van der Waals surface area contributed by atoms with Crippen molar-refractivity contribution >= 4 is 27.6 Å². The zero-order valence-corrected chi connectivity index (χ0v) is 25.7. The Labute approximate surface area is 270 Å². The fourth-order valence-corrected chi connectivity index (χ4v) is 6.89. The minimum atomic E-state index is -4.86. The summed E-state index contributed by atoms with van der Waals surface area (Å²) in [4.78, 5) is 24.8. The zero-order valence-electron chi connectivity index (χ0n) is 24.9. The number of carbonyl (C=O) groups excluding carboxylic acids is 2. The maximum absolute atomic E-state index is 13.9. The Hall–Kier alpha value is -5.05. The van der Waals surface area contributed by atoms with E-state index < -0.39 is 63.8 Å². The molecule has 48 heavy (non-hydrogen) atoms. The summed E-state index contributed by atoms with van der Waals surface area (Å²) in [5, 5.41) is 2.51. The highest BCUT2D eigenvalue weighted by atomic mass is 32.2. The average molecular weight is 693 g/mol. The van der Waals surface area contributed by atoms with Crippen LogP contribution >= 0.6 is 0 Å². The second-order valence-electron chi connectivity index (χ2n) is 10.6. The molecule has 0 unspecified atom stereocenters. The summed E-state index contributed by atoms with van der Waals surface area (Å²) in [7, 11) is -3.36. The summed E-state index contributed by atoms with van der Waals surface area (Å²) in [5.74, 6) is -2.30. The average Bonchev–Trinajstić information content (AvgIpc) is 3.46. The number of methoxy groups -OCH3 is 1. The maximum Gasteiger partial charge on any atom is 0.419 e. The van der Waals surface area contributed by atoms with Crippen LogP contribution < -0.4 is 14.4 Å². The molecule has 1 aliphatic rings. The number of rotatable bonds is 9. The Morgan fingerprint density at radius 2 is 1.56 bits per heavy atom. The molecule has 1 amide bonds.